The lowest BCUT2D eigenvalue weighted by atomic mass is 10.0. The van der Waals surface area contributed by atoms with Crippen LogP contribution >= 0.6 is 11.6 Å². The minimum Gasteiger partial charge on any atom is -0.324 e. The monoisotopic (exact) mass is 201 g/mol. The Bertz CT molecular complexity index is 288. The molecule has 0 aliphatic heterocycles. The molecule has 1 aromatic rings. The summed E-state index contributed by atoms with van der Waals surface area (Å²) in [6, 6.07) is 4.59. The van der Waals surface area contributed by atoms with Crippen molar-refractivity contribution in [2.45, 2.75) is 25.8 Å². The number of benzene rings is 1. The zero-order valence-electron chi connectivity index (χ0n) is 7.56. The highest BCUT2D eigenvalue weighted by atomic mass is 35.5. The molecule has 0 aromatic heterocycles. The molecule has 2 N–H and O–H groups in total. The summed E-state index contributed by atoms with van der Waals surface area (Å²) in [5.74, 6) is -0.394. The molecule has 0 aliphatic carbocycles. The number of halogens is 2. The van der Waals surface area contributed by atoms with Gasteiger partial charge in [0, 0.05) is 6.04 Å². The molecule has 1 aromatic carbocycles. The van der Waals surface area contributed by atoms with E-state index in [0.29, 0.717) is 0 Å². The predicted octanol–water partition coefficient (Wildman–Crippen LogP) is 3.28. The van der Waals surface area contributed by atoms with Crippen molar-refractivity contribution < 1.29 is 4.39 Å². The van der Waals surface area contributed by atoms with Gasteiger partial charge in [0.2, 0.25) is 0 Å². The van der Waals surface area contributed by atoms with Gasteiger partial charge in [0.05, 0.1) is 5.02 Å². The van der Waals surface area contributed by atoms with Crippen molar-refractivity contribution in [3.8, 4) is 0 Å². The van der Waals surface area contributed by atoms with Gasteiger partial charge in [-0.25, -0.2) is 4.39 Å². The average molecular weight is 202 g/mol. The fourth-order valence-corrected chi connectivity index (χ4v) is 1.41. The summed E-state index contributed by atoms with van der Waals surface area (Å²) in [6.07, 6.45) is 1.90. The third-order valence-electron chi connectivity index (χ3n) is 1.97. The first kappa shape index (κ1) is 10.5. The molecule has 0 spiro atoms. The van der Waals surface area contributed by atoms with Gasteiger partial charge in [-0.05, 0) is 24.1 Å². The molecule has 0 saturated heterocycles. The summed E-state index contributed by atoms with van der Waals surface area (Å²) in [4.78, 5) is 0. The standard InChI is InChI=1S/C10H13ClFN/c1-2-3-10(13)7-4-5-9(12)8(11)6-7/h4-6,10H,2-3,13H2,1H3. The lowest BCUT2D eigenvalue weighted by Crippen LogP contribution is -2.09. The molecule has 0 heterocycles. The average Bonchev–Trinajstić information content (AvgIpc) is 2.10. The molecule has 0 aliphatic rings. The van der Waals surface area contributed by atoms with Gasteiger partial charge in [-0.1, -0.05) is 31.0 Å². The Morgan fingerprint density at radius 2 is 2.23 bits per heavy atom. The molecule has 3 heteroatoms. The summed E-state index contributed by atoms with van der Waals surface area (Å²) in [7, 11) is 0. The van der Waals surface area contributed by atoms with Crippen molar-refractivity contribution >= 4 is 11.6 Å². The van der Waals surface area contributed by atoms with Crippen LogP contribution in [0.3, 0.4) is 0 Å². The van der Waals surface area contributed by atoms with Crippen LogP contribution in [0.25, 0.3) is 0 Å². The number of nitrogens with two attached hydrogens (primary N) is 1. The van der Waals surface area contributed by atoms with E-state index in [1.165, 1.54) is 6.07 Å². The highest BCUT2D eigenvalue weighted by Crippen LogP contribution is 2.21. The normalized spacial score (nSPS) is 12.9. The quantitative estimate of drug-likeness (QED) is 0.798. The van der Waals surface area contributed by atoms with Crippen LogP contribution in [0.5, 0.6) is 0 Å². The Morgan fingerprint density at radius 1 is 1.54 bits per heavy atom. The zero-order chi connectivity index (χ0) is 9.84. The van der Waals surface area contributed by atoms with Crippen LogP contribution in [0.1, 0.15) is 31.4 Å². The summed E-state index contributed by atoms with van der Waals surface area (Å²) >= 11 is 5.63. The van der Waals surface area contributed by atoms with Crippen LogP contribution in [0.4, 0.5) is 4.39 Å². The van der Waals surface area contributed by atoms with E-state index in [1.807, 2.05) is 0 Å². The second-order valence-corrected chi connectivity index (χ2v) is 3.48. The van der Waals surface area contributed by atoms with Crippen LogP contribution < -0.4 is 5.73 Å². The molecule has 1 rings (SSSR count). The minimum atomic E-state index is -0.394. The van der Waals surface area contributed by atoms with Crippen molar-refractivity contribution in [2.24, 2.45) is 5.73 Å². The maximum Gasteiger partial charge on any atom is 0.141 e. The van der Waals surface area contributed by atoms with Crippen molar-refractivity contribution in [1.82, 2.24) is 0 Å². The van der Waals surface area contributed by atoms with Crippen LogP contribution in [0, 0.1) is 5.82 Å². The fraction of sp³-hybridized carbons (Fsp3) is 0.400. The molecule has 13 heavy (non-hydrogen) atoms. The molecule has 72 valence electrons. The van der Waals surface area contributed by atoms with E-state index >= 15 is 0 Å². The van der Waals surface area contributed by atoms with Gasteiger partial charge in [0.1, 0.15) is 5.82 Å². The Hall–Kier alpha value is -0.600. The Balaban J connectivity index is 2.84. The molecule has 0 radical (unpaired) electrons. The maximum absolute atomic E-state index is 12.8. The molecular weight excluding hydrogens is 189 g/mol. The van der Waals surface area contributed by atoms with Crippen LogP contribution in [0.2, 0.25) is 5.02 Å². The highest BCUT2D eigenvalue weighted by molar-refractivity contribution is 6.30. The van der Waals surface area contributed by atoms with Crippen molar-refractivity contribution in [2.75, 3.05) is 0 Å². The molecular formula is C10H13ClFN. The van der Waals surface area contributed by atoms with E-state index in [9.17, 15) is 4.39 Å². The van der Waals surface area contributed by atoms with Crippen molar-refractivity contribution in [1.29, 1.82) is 0 Å². The summed E-state index contributed by atoms with van der Waals surface area (Å²) in [6.45, 7) is 2.06. The number of hydrogen-bond donors (Lipinski definition) is 1. The molecule has 1 unspecified atom stereocenters. The van der Waals surface area contributed by atoms with Gasteiger partial charge < -0.3 is 5.73 Å². The minimum absolute atomic E-state index is 0.0388. The lowest BCUT2D eigenvalue weighted by molar-refractivity contribution is 0.616. The fourth-order valence-electron chi connectivity index (χ4n) is 1.22. The van der Waals surface area contributed by atoms with E-state index in [4.69, 9.17) is 17.3 Å². The molecule has 0 saturated carbocycles. The van der Waals surface area contributed by atoms with Gasteiger partial charge in [0.15, 0.2) is 0 Å². The zero-order valence-corrected chi connectivity index (χ0v) is 8.31. The largest absolute Gasteiger partial charge is 0.324 e. The van der Waals surface area contributed by atoms with Gasteiger partial charge in [-0.3, -0.25) is 0 Å². The summed E-state index contributed by atoms with van der Waals surface area (Å²) in [5.41, 5.74) is 6.74. The van der Waals surface area contributed by atoms with E-state index in [1.54, 1.807) is 12.1 Å². The van der Waals surface area contributed by atoms with E-state index in [2.05, 4.69) is 6.92 Å². The third kappa shape index (κ3) is 2.68. The number of hydrogen-bond acceptors (Lipinski definition) is 1. The second kappa shape index (κ2) is 4.58. The highest BCUT2D eigenvalue weighted by Gasteiger charge is 2.07. The molecule has 0 fully saturated rings. The van der Waals surface area contributed by atoms with Gasteiger partial charge in [-0.15, -0.1) is 0 Å². The van der Waals surface area contributed by atoms with E-state index < -0.39 is 5.82 Å². The van der Waals surface area contributed by atoms with E-state index in [0.717, 1.165) is 18.4 Å². The first-order valence-electron chi connectivity index (χ1n) is 4.35. The van der Waals surface area contributed by atoms with Crippen molar-refractivity contribution in [3.05, 3.63) is 34.6 Å². The first-order chi connectivity index (χ1) is 6.15. The lowest BCUT2D eigenvalue weighted by Gasteiger charge is -2.10. The van der Waals surface area contributed by atoms with Crippen LogP contribution in [-0.4, -0.2) is 0 Å². The Labute approximate surface area is 82.7 Å². The maximum atomic E-state index is 12.8. The van der Waals surface area contributed by atoms with Crippen LogP contribution in [0.15, 0.2) is 18.2 Å². The van der Waals surface area contributed by atoms with Gasteiger partial charge in [0.25, 0.3) is 0 Å². The molecule has 1 atom stereocenters. The Kier molecular flexibility index (Phi) is 3.70. The Morgan fingerprint density at radius 3 is 2.77 bits per heavy atom. The molecule has 0 amide bonds. The second-order valence-electron chi connectivity index (χ2n) is 3.07. The summed E-state index contributed by atoms with van der Waals surface area (Å²) < 4.78 is 12.8. The predicted molar refractivity (Wildman–Crippen MR) is 53.2 cm³/mol. The topological polar surface area (TPSA) is 26.0 Å². The number of rotatable bonds is 3. The van der Waals surface area contributed by atoms with Crippen molar-refractivity contribution in [3.63, 3.8) is 0 Å². The molecule has 1 nitrogen and oxygen atoms in total. The third-order valence-corrected chi connectivity index (χ3v) is 2.26. The molecule has 0 bridgehead atoms. The van der Waals surface area contributed by atoms with E-state index in [-0.39, 0.29) is 11.1 Å². The van der Waals surface area contributed by atoms with Gasteiger partial charge >= 0.3 is 0 Å². The smallest absolute Gasteiger partial charge is 0.141 e. The van der Waals surface area contributed by atoms with Crippen LogP contribution in [-0.2, 0) is 0 Å². The first-order valence-corrected chi connectivity index (χ1v) is 4.73. The summed E-state index contributed by atoms with van der Waals surface area (Å²) in [5, 5.41) is 0.143. The SMILES string of the molecule is CCCC(N)c1ccc(F)c(Cl)c1. The van der Waals surface area contributed by atoms with Gasteiger partial charge in [-0.2, -0.15) is 0 Å².